The van der Waals surface area contributed by atoms with Crippen LogP contribution in [0.4, 0.5) is 13.2 Å². The smallest absolute Gasteiger partial charge is 0.164 e. The summed E-state index contributed by atoms with van der Waals surface area (Å²) in [5.41, 5.74) is -0.274. The van der Waals surface area contributed by atoms with Crippen LogP contribution in [0.25, 0.3) is 0 Å². The first-order chi connectivity index (χ1) is 5.46. The molecule has 1 aromatic carbocycles. The van der Waals surface area contributed by atoms with Crippen molar-refractivity contribution in [2.24, 2.45) is 0 Å². The van der Waals surface area contributed by atoms with Gasteiger partial charge in [0, 0.05) is 10.9 Å². The standard InChI is InChI=1S/C8H8F3P/c1-3-5(9)6(10)4(2)8(12)7(3)11/h12H2,1-2H3. The normalized spacial score (nSPS) is 10.5. The van der Waals surface area contributed by atoms with Crippen molar-refractivity contribution in [3.05, 3.63) is 28.6 Å². The lowest BCUT2D eigenvalue weighted by Crippen LogP contribution is -2.11. The summed E-state index contributed by atoms with van der Waals surface area (Å²) in [5.74, 6) is -2.77. The fourth-order valence-electron chi connectivity index (χ4n) is 0.910. The quantitative estimate of drug-likeness (QED) is 0.436. The highest BCUT2D eigenvalue weighted by molar-refractivity contribution is 7.27. The lowest BCUT2D eigenvalue weighted by Gasteiger charge is -2.07. The zero-order valence-electron chi connectivity index (χ0n) is 6.71. The van der Waals surface area contributed by atoms with Gasteiger partial charge in [0.2, 0.25) is 0 Å². The lowest BCUT2D eigenvalue weighted by atomic mass is 10.1. The van der Waals surface area contributed by atoms with Crippen LogP contribution in [0.2, 0.25) is 0 Å². The monoisotopic (exact) mass is 192 g/mol. The maximum absolute atomic E-state index is 13.0. The van der Waals surface area contributed by atoms with Crippen molar-refractivity contribution in [1.82, 2.24) is 0 Å². The molecule has 0 nitrogen and oxygen atoms in total. The molecule has 12 heavy (non-hydrogen) atoms. The van der Waals surface area contributed by atoms with Crippen LogP contribution < -0.4 is 5.30 Å². The van der Waals surface area contributed by atoms with Gasteiger partial charge < -0.3 is 0 Å². The summed E-state index contributed by atoms with van der Waals surface area (Å²) in [6.45, 7) is 2.55. The second-order valence-corrected chi connectivity index (χ2v) is 3.18. The Balaban J connectivity index is 3.60. The molecule has 0 aliphatic rings. The van der Waals surface area contributed by atoms with E-state index in [0.717, 1.165) is 0 Å². The molecule has 0 radical (unpaired) electrons. The average molecular weight is 192 g/mol. The average Bonchev–Trinajstić information content (AvgIpc) is 2.08. The summed E-state index contributed by atoms with van der Waals surface area (Å²) >= 11 is 0. The molecule has 0 aromatic heterocycles. The fourth-order valence-corrected chi connectivity index (χ4v) is 1.25. The minimum Gasteiger partial charge on any atom is -0.206 e. The summed E-state index contributed by atoms with van der Waals surface area (Å²) in [7, 11) is 2.05. The van der Waals surface area contributed by atoms with E-state index in [-0.39, 0.29) is 16.4 Å². The van der Waals surface area contributed by atoms with Crippen LogP contribution in [0.5, 0.6) is 0 Å². The Bertz CT molecular complexity index is 229. The predicted molar refractivity (Wildman–Crippen MR) is 45.1 cm³/mol. The largest absolute Gasteiger partial charge is 0.206 e. The van der Waals surface area contributed by atoms with Gasteiger partial charge in [-0.1, -0.05) is 0 Å². The molecule has 0 saturated heterocycles. The highest BCUT2D eigenvalue weighted by Crippen LogP contribution is 2.18. The van der Waals surface area contributed by atoms with Crippen LogP contribution in [0, 0.1) is 31.3 Å². The third-order valence-electron chi connectivity index (χ3n) is 1.82. The Morgan fingerprint density at radius 2 is 1.25 bits per heavy atom. The van der Waals surface area contributed by atoms with Gasteiger partial charge in [-0.05, 0) is 19.4 Å². The zero-order chi connectivity index (χ0) is 9.46. The molecule has 1 atom stereocenters. The number of rotatable bonds is 0. The molecule has 66 valence electrons. The Labute approximate surface area is 71.0 Å². The Hall–Kier alpha value is -0.560. The Kier molecular flexibility index (Phi) is 2.43. The third kappa shape index (κ3) is 1.22. The second kappa shape index (κ2) is 3.06. The van der Waals surface area contributed by atoms with E-state index in [1.54, 1.807) is 0 Å². The van der Waals surface area contributed by atoms with E-state index in [9.17, 15) is 13.2 Å². The molecule has 1 unspecified atom stereocenters. The van der Waals surface area contributed by atoms with Gasteiger partial charge in [0.25, 0.3) is 0 Å². The molecule has 0 N–H and O–H groups in total. The summed E-state index contributed by atoms with van der Waals surface area (Å²) in [6, 6.07) is 0. The van der Waals surface area contributed by atoms with Gasteiger partial charge in [0.1, 0.15) is 5.82 Å². The highest BCUT2D eigenvalue weighted by atomic mass is 31.0. The highest BCUT2D eigenvalue weighted by Gasteiger charge is 2.16. The van der Waals surface area contributed by atoms with Gasteiger partial charge in [0.05, 0.1) is 0 Å². The fraction of sp³-hybridized carbons (Fsp3) is 0.250. The van der Waals surface area contributed by atoms with Crippen LogP contribution in [0.1, 0.15) is 11.1 Å². The maximum Gasteiger partial charge on any atom is 0.164 e. The zero-order valence-corrected chi connectivity index (χ0v) is 7.87. The maximum atomic E-state index is 13.0. The van der Waals surface area contributed by atoms with Gasteiger partial charge in [-0.2, -0.15) is 0 Å². The summed E-state index contributed by atoms with van der Waals surface area (Å²) in [5, 5.41) is 0.0893. The molecule has 0 bridgehead atoms. The van der Waals surface area contributed by atoms with Gasteiger partial charge in [0.15, 0.2) is 11.6 Å². The molecule has 4 heteroatoms. The molecule has 0 amide bonds. The minimum absolute atomic E-state index is 0.000556. The van der Waals surface area contributed by atoms with Crippen LogP contribution in [0.3, 0.4) is 0 Å². The minimum atomic E-state index is -1.10. The van der Waals surface area contributed by atoms with E-state index in [1.165, 1.54) is 13.8 Å². The molecule has 0 aliphatic carbocycles. The summed E-state index contributed by atoms with van der Waals surface area (Å²) in [4.78, 5) is 0. The lowest BCUT2D eigenvalue weighted by molar-refractivity contribution is 0.484. The molecule has 0 heterocycles. The van der Waals surface area contributed by atoms with Crippen molar-refractivity contribution in [3.8, 4) is 0 Å². The second-order valence-electron chi connectivity index (χ2n) is 2.61. The Morgan fingerprint density at radius 1 is 0.833 bits per heavy atom. The van der Waals surface area contributed by atoms with Crippen molar-refractivity contribution >= 4 is 14.5 Å². The van der Waals surface area contributed by atoms with Gasteiger partial charge in [-0.15, -0.1) is 9.24 Å². The number of hydrogen-bond acceptors (Lipinski definition) is 0. The first kappa shape index (κ1) is 9.53. The van der Waals surface area contributed by atoms with Crippen LogP contribution >= 0.6 is 9.24 Å². The van der Waals surface area contributed by atoms with Gasteiger partial charge >= 0.3 is 0 Å². The van der Waals surface area contributed by atoms with E-state index in [4.69, 9.17) is 0 Å². The van der Waals surface area contributed by atoms with Crippen LogP contribution in [0.15, 0.2) is 0 Å². The molecule has 1 rings (SSSR count). The van der Waals surface area contributed by atoms with Gasteiger partial charge in [-0.25, -0.2) is 13.2 Å². The molecular weight excluding hydrogens is 184 g/mol. The van der Waals surface area contributed by atoms with Crippen molar-refractivity contribution < 1.29 is 13.2 Å². The van der Waals surface area contributed by atoms with E-state index in [0.29, 0.717) is 0 Å². The molecule has 0 fully saturated rings. The van der Waals surface area contributed by atoms with Crippen LogP contribution in [-0.2, 0) is 0 Å². The predicted octanol–water partition coefficient (Wildman–Crippen LogP) is 2.22. The van der Waals surface area contributed by atoms with Crippen molar-refractivity contribution in [2.45, 2.75) is 13.8 Å². The molecule has 1 aromatic rings. The van der Waals surface area contributed by atoms with E-state index < -0.39 is 17.5 Å². The van der Waals surface area contributed by atoms with Crippen molar-refractivity contribution in [3.63, 3.8) is 0 Å². The summed E-state index contributed by atoms with van der Waals surface area (Å²) in [6.07, 6.45) is 0. The molecule has 0 saturated carbocycles. The topological polar surface area (TPSA) is 0 Å². The first-order valence-electron chi connectivity index (χ1n) is 3.36. The third-order valence-corrected chi connectivity index (χ3v) is 2.51. The Morgan fingerprint density at radius 3 is 1.75 bits per heavy atom. The van der Waals surface area contributed by atoms with E-state index in [2.05, 4.69) is 9.24 Å². The first-order valence-corrected chi connectivity index (χ1v) is 3.93. The SMILES string of the molecule is Cc1c(F)c(F)c(C)c(P)c1F. The van der Waals surface area contributed by atoms with E-state index >= 15 is 0 Å². The van der Waals surface area contributed by atoms with Gasteiger partial charge in [-0.3, -0.25) is 0 Å². The van der Waals surface area contributed by atoms with Crippen molar-refractivity contribution in [1.29, 1.82) is 0 Å². The number of benzene rings is 1. The van der Waals surface area contributed by atoms with E-state index in [1.807, 2.05) is 0 Å². The number of halogens is 3. The number of hydrogen-bond donors (Lipinski definition) is 0. The van der Waals surface area contributed by atoms with Crippen molar-refractivity contribution in [2.75, 3.05) is 0 Å². The molecule has 0 spiro atoms. The van der Waals surface area contributed by atoms with Crippen LogP contribution in [-0.4, -0.2) is 0 Å². The molecule has 0 aliphatic heterocycles. The molecular formula is C8H8F3P. The summed E-state index contributed by atoms with van der Waals surface area (Å²) < 4.78 is 38.7.